The summed E-state index contributed by atoms with van der Waals surface area (Å²) < 4.78 is 6.83. The predicted molar refractivity (Wildman–Crippen MR) is 279 cm³/mol. The number of benzene rings is 8. The van der Waals surface area contributed by atoms with Crippen molar-refractivity contribution in [1.82, 2.24) is 18.9 Å². The Morgan fingerprint density at radius 1 is 0.441 bits per heavy atom. The van der Waals surface area contributed by atoms with Crippen LogP contribution in [0.1, 0.15) is 101 Å². The van der Waals surface area contributed by atoms with Gasteiger partial charge in [0.1, 0.15) is 0 Å². The number of hydrogen-bond donors (Lipinski definition) is 0. The van der Waals surface area contributed by atoms with Gasteiger partial charge in [0.2, 0.25) is 0 Å². The minimum Gasteiger partial charge on any atom is -0.366 e. The normalized spacial score (nSPS) is 11.9. The van der Waals surface area contributed by atoms with Crippen LogP contribution in [0.15, 0.2) is 170 Å². The van der Waals surface area contributed by atoms with Gasteiger partial charge in [-0.1, -0.05) is 213 Å². The van der Waals surface area contributed by atoms with Crippen LogP contribution in [-0.2, 0) is 22.4 Å². The molecule has 0 saturated heterocycles. The fourth-order valence-electron chi connectivity index (χ4n) is 10.5. The molecule has 0 aliphatic heterocycles. The minimum atomic E-state index is 0. The molecular weight excluding hydrogens is 1010 g/mol. The van der Waals surface area contributed by atoms with Crippen molar-refractivity contribution in [2.45, 2.75) is 79.1 Å². The first-order valence-electron chi connectivity index (χ1n) is 24.0. The second kappa shape index (κ2) is 18.0. The molecule has 1 aliphatic rings. The monoisotopic (exact) mass is 1070 g/mol. The molecule has 0 fully saturated rings. The summed E-state index contributed by atoms with van der Waals surface area (Å²) >= 11 is 0. The van der Waals surface area contributed by atoms with Gasteiger partial charge in [0.25, 0.3) is 6.33 Å². The van der Waals surface area contributed by atoms with Crippen LogP contribution < -0.4 is 9.55 Å². The number of para-hydroxylation sites is 6. The fourth-order valence-corrected chi connectivity index (χ4v) is 10.5. The molecule has 1 aliphatic carbocycles. The van der Waals surface area contributed by atoms with Gasteiger partial charge in [0, 0.05) is 50.2 Å². The average Bonchev–Trinajstić information content (AvgIpc) is 4.02. The maximum Gasteiger partial charge on any atom is 0.269 e. The third-order valence-electron chi connectivity index (χ3n) is 13.8. The van der Waals surface area contributed by atoms with E-state index in [1.165, 1.54) is 89.2 Å². The van der Waals surface area contributed by atoms with Crippen molar-refractivity contribution in [3.63, 3.8) is 0 Å². The van der Waals surface area contributed by atoms with E-state index >= 15 is 0 Å². The first-order valence-corrected chi connectivity index (χ1v) is 24.0. The number of nitrogens with zero attached hydrogens (tertiary/aromatic N) is 5. The average molecular weight is 1070 g/mol. The third kappa shape index (κ3) is 7.45. The van der Waals surface area contributed by atoms with Crippen molar-refractivity contribution in [3.05, 3.63) is 198 Å². The van der Waals surface area contributed by atoms with E-state index in [-0.39, 0.29) is 22.4 Å². The zero-order valence-electron chi connectivity index (χ0n) is 40.0. The SMILES string of the molecule is CC(C)c1cccc(C(C)C)c1-n1[c-][n+](-c2c(C(C)C)cccc2C(C)C)c2ccccc21.[Au].c1ccc2c(c1)-c1ccccc1-c1cc3nc4[n-]c5ccccc5n4c3cc1-c1ccccc1-2. The van der Waals surface area contributed by atoms with Gasteiger partial charge in [-0.05, 0) is 103 Å². The molecule has 0 saturated carbocycles. The molecule has 0 N–H and O–H groups in total. The largest absolute Gasteiger partial charge is 0.366 e. The van der Waals surface area contributed by atoms with Crippen molar-refractivity contribution >= 4 is 38.9 Å². The Kier molecular flexibility index (Phi) is 12.0. The maximum absolute atomic E-state index is 4.94. The summed E-state index contributed by atoms with van der Waals surface area (Å²) in [4.78, 5) is 9.73. The standard InChI is InChI=1S/C31H18N3.C31H38N2.Au/c1-2-10-20-19(9-1)21-11-3-5-13-23(21)25-17-28-30(18-26(25)24-14-6-4-12-22(20)24)34-29-16-8-7-15-27(29)32-31(34)33-28;1-20(2)24-13-11-14-25(21(3)4)30(24)32-19-33(29-18-10-9-17-28(29)32)31-26(22(5)6)15-12-16-27(31)23(7)8;/h1-18H;9-18,20-23H,1-8H3;/q-1;;. The summed E-state index contributed by atoms with van der Waals surface area (Å²) in [6.45, 7) is 18.3. The van der Waals surface area contributed by atoms with E-state index in [0.717, 1.165) is 27.8 Å². The van der Waals surface area contributed by atoms with Gasteiger partial charge in [-0.25, -0.2) is 0 Å². The number of fused-ring (bicyclic) bond motifs is 14. The van der Waals surface area contributed by atoms with Crippen molar-refractivity contribution in [3.8, 4) is 55.9 Å². The zero-order chi connectivity index (χ0) is 46.1. The summed E-state index contributed by atoms with van der Waals surface area (Å²) in [6.07, 6.45) is 3.84. The molecule has 3 aromatic heterocycles. The zero-order valence-corrected chi connectivity index (χ0v) is 42.2. The molecule has 3 heterocycles. The Morgan fingerprint density at radius 2 is 0.868 bits per heavy atom. The smallest absolute Gasteiger partial charge is 0.269 e. The molecule has 341 valence electrons. The molecule has 5 nitrogen and oxygen atoms in total. The Balaban J connectivity index is 0.000000156. The van der Waals surface area contributed by atoms with Gasteiger partial charge in [0.15, 0.2) is 0 Å². The van der Waals surface area contributed by atoms with E-state index < -0.39 is 0 Å². The van der Waals surface area contributed by atoms with Crippen LogP contribution in [-0.4, -0.2) is 14.0 Å². The summed E-state index contributed by atoms with van der Waals surface area (Å²) in [5, 5.41) is 0. The van der Waals surface area contributed by atoms with Gasteiger partial charge in [-0.15, -0.1) is 0 Å². The number of aromatic nitrogens is 5. The molecule has 0 unspecified atom stereocenters. The van der Waals surface area contributed by atoms with E-state index in [2.05, 4.69) is 233 Å². The Morgan fingerprint density at radius 3 is 1.38 bits per heavy atom. The predicted octanol–water partition coefficient (Wildman–Crippen LogP) is 15.8. The second-order valence-electron chi connectivity index (χ2n) is 19.3. The summed E-state index contributed by atoms with van der Waals surface area (Å²) in [5.41, 5.74) is 24.4. The number of hydrogen-bond acceptors (Lipinski definition) is 1. The van der Waals surface area contributed by atoms with Gasteiger partial charge in [-0.3, -0.25) is 9.13 Å². The molecule has 0 atom stereocenters. The number of imidazole rings is 3. The van der Waals surface area contributed by atoms with Crippen molar-refractivity contribution < 1.29 is 26.9 Å². The first-order chi connectivity index (χ1) is 32.6. The Labute approximate surface area is 415 Å². The van der Waals surface area contributed by atoms with E-state index in [1.807, 2.05) is 12.1 Å². The van der Waals surface area contributed by atoms with Crippen LogP contribution in [0.2, 0.25) is 0 Å². The quantitative estimate of drug-likeness (QED) is 0.0946. The minimum absolute atomic E-state index is 0. The Hall–Kier alpha value is -6.76. The summed E-state index contributed by atoms with van der Waals surface area (Å²) in [5.74, 6) is 2.46. The van der Waals surface area contributed by atoms with Gasteiger partial charge in [-0.2, -0.15) is 0 Å². The molecule has 6 heteroatoms. The van der Waals surface area contributed by atoms with Crippen LogP contribution in [0, 0.1) is 6.33 Å². The molecule has 12 rings (SSSR count). The molecule has 1 radical (unpaired) electrons. The van der Waals surface area contributed by atoms with E-state index in [1.54, 1.807) is 0 Å². The van der Waals surface area contributed by atoms with Gasteiger partial charge >= 0.3 is 0 Å². The molecule has 0 spiro atoms. The van der Waals surface area contributed by atoms with Crippen LogP contribution in [0.4, 0.5) is 0 Å². The van der Waals surface area contributed by atoms with Crippen molar-refractivity contribution in [2.75, 3.05) is 0 Å². The van der Waals surface area contributed by atoms with Crippen LogP contribution in [0.3, 0.4) is 0 Å². The van der Waals surface area contributed by atoms with E-state index in [0.29, 0.717) is 23.7 Å². The van der Waals surface area contributed by atoms with Gasteiger partial charge < -0.3 is 14.4 Å². The van der Waals surface area contributed by atoms with Crippen LogP contribution in [0.5, 0.6) is 0 Å². The van der Waals surface area contributed by atoms with E-state index in [9.17, 15) is 0 Å². The summed E-state index contributed by atoms with van der Waals surface area (Å²) in [7, 11) is 0. The van der Waals surface area contributed by atoms with Crippen molar-refractivity contribution in [2.24, 2.45) is 0 Å². The number of rotatable bonds is 6. The molecule has 68 heavy (non-hydrogen) atoms. The van der Waals surface area contributed by atoms with Crippen LogP contribution >= 0.6 is 0 Å². The summed E-state index contributed by atoms with van der Waals surface area (Å²) in [6, 6.07) is 61.3. The fraction of sp³-hybridized carbons (Fsp3) is 0.194. The second-order valence-corrected chi connectivity index (χ2v) is 19.3. The van der Waals surface area contributed by atoms with Crippen LogP contribution in [0.25, 0.3) is 94.8 Å². The Bertz CT molecular complexity index is 3520. The van der Waals surface area contributed by atoms with E-state index in [4.69, 9.17) is 9.97 Å². The van der Waals surface area contributed by atoms with Gasteiger partial charge in [0.05, 0.1) is 22.4 Å². The molecule has 0 amide bonds. The molecule has 11 aromatic rings. The first kappa shape index (κ1) is 45.0. The van der Waals surface area contributed by atoms with Crippen molar-refractivity contribution in [1.29, 1.82) is 0 Å². The molecule has 8 aromatic carbocycles. The maximum atomic E-state index is 4.94. The topological polar surface area (TPSA) is 40.2 Å². The third-order valence-corrected chi connectivity index (χ3v) is 13.8. The molecular formula is C62H56AuN5-. The molecule has 0 bridgehead atoms.